The van der Waals surface area contributed by atoms with Crippen LogP contribution in [0.5, 0.6) is 11.5 Å². The number of thiocarbonyl (C=S) groups is 1. The van der Waals surface area contributed by atoms with Crippen LogP contribution in [-0.4, -0.2) is 40.8 Å². The molecule has 3 aromatic carbocycles. The maximum atomic E-state index is 13.2. The van der Waals surface area contributed by atoms with Gasteiger partial charge >= 0.3 is 6.18 Å². The number of nitrogens with zero attached hydrogens (tertiary/aromatic N) is 1. The number of rotatable bonds is 10. The van der Waals surface area contributed by atoms with Crippen molar-refractivity contribution in [3.8, 4) is 11.5 Å². The number of halogens is 3. The number of anilines is 1. The molecule has 0 radical (unpaired) electrons. The van der Waals surface area contributed by atoms with Crippen LogP contribution < -0.4 is 14.8 Å². The third-order valence-electron chi connectivity index (χ3n) is 5.77. The zero-order chi connectivity index (χ0) is 28.7. The van der Waals surface area contributed by atoms with E-state index in [0.29, 0.717) is 40.1 Å². The highest BCUT2D eigenvalue weighted by atomic mass is 32.2. The van der Waals surface area contributed by atoms with E-state index in [9.17, 15) is 22.8 Å². The Labute approximate surface area is 239 Å². The number of carbonyl (C=O) groups excluding carboxylic acids is 2. The number of benzene rings is 3. The van der Waals surface area contributed by atoms with E-state index in [-0.39, 0.29) is 17.3 Å². The predicted molar refractivity (Wildman–Crippen MR) is 153 cm³/mol. The van der Waals surface area contributed by atoms with Gasteiger partial charge in [-0.2, -0.15) is 13.2 Å². The van der Waals surface area contributed by atoms with Crippen LogP contribution in [0, 0.1) is 0 Å². The first-order chi connectivity index (χ1) is 19.2. The fourth-order valence-corrected chi connectivity index (χ4v) is 5.21. The molecule has 0 atom stereocenters. The van der Waals surface area contributed by atoms with Gasteiger partial charge < -0.3 is 14.8 Å². The molecule has 1 saturated heterocycles. The van der Waals surface area contributed by atoms with E-state index >= 15 is 0 Å². The van der Waals surface area contributed by atoms with Crippen LogP contribution >= 0.6 is 24.0 Å². The molecule has 3 aromatic rings. The average Bonchev–Trinajstić information content (AvgIpc) is 3.19. The van der Waals surface area contributed by atoms with Gasteiger partial charge in [0.05, 0.1) is 22.8 Å². The summed E-state index contributed by atoms with van der Waals surface area (Å²) in [7, 11) is 0. The summed E-state index contributed by atoms with van der Waals surface area (Å²) in [4.78, 5) is 27.4. The predicted octanol–water partition coefficient (Wildman–Crippen LogP) is 6.57. The molecule has 2 amide bonds. The summed E-state index contributed by atoms with van der Waals surface area (Å²) in [5.74, 6) is -0.393. The van der Waals surface area contributed by atoms with Gasteiger partial charge in [0.25, 0.3) is 11.8 Å². The molecule has 1 fully saturated rings. The van der Waals surface area contributed by atoms with E-state index in [1.807, 2.05) is 30.3 Å². The molecule has 0 aliphatic carbocycles. The normalized spacial score (nSPS) is 14.5. The maximum absolute atomic E-state index is 13.2. The minimum absolute atomic E-state index is 0.181. The molecule has 0 bridgehead atoms. The lowest BCUT2D eigenvalue weighted by Gasteiger charge is -2.15. The summed E-state index contributed by atoms with van der Waals surface area (Å²) in [5.41, 5.74) is 0.455. The number of amides is 2. The van der Waals surface area contributed by atoms with E-state index in [0.717, 1.165) is 11.6 Å². The van der Waals surface area contributed by atoms with Crippen LogP contribution in [0.4, 0.5) is 18.9 Å². The zero-order valence-electron chi connectivity index (χ0n) is 21.4. The minimum atomic E-state index is -4.61. The summed E-state index contributed by atoms with van der Waals surface area (Å²) >= 11 is 6.65. The van der Waals surface area contributed by atoms with Crippen molar-refractivity contribution >= 4 is 51.9 Å². The molecule has 6 nitrogen and oxygen atoms in total. The molecule has 0 spiro atoms. The van der Waals surface area contributed by atoms with Gasteiger partial charge in [-0.15, -0.1) is 0 Å². The third kappa shape index (κ3) is 7.42. The molecule has 0 saturated carbocycles. The van der Waals surface area contributed by atoms with Crippen molar-refractivity contribution in [3.05, 3.63) is 94.4 Å². The highest BCUT2D eigenvalue weighted by molar-refractivity contribution is 8.26. The van der Waals surface area contributed by atoms with Crippen molar-refractivity contribution < 1.29 is 32.2 Å². The molecule has 1 heterocycles. The third-order valence-corrected chi connectivity index (χ3v) is 7.15. The van der Waals surface area contributed by atoms with Gasteiger partial charge in [-0.25, -0.2) is 0 Å². The van der Waals surface area contributed by atoms with E-state index in [1.165, 1.54) is 30.0 Å². The lowest BCUT2D eigenvalue weighted by atomic mass is 10.1. The number of ether oxygens (including phenoxy) is 2. The number of carbonyl (C=O) groups is 2. The number of para-hydroxylation sites is 1. The van der Waals surface area contributed by atoms with Crippen LogP contribution in [0.25, 0.3) is 6.08 Å². The lowest BCUT2D eigenvalue weighted by Crippen LogP contribution is -2.30. The molecular weight excluding hydrogens is 561 g/mol. The van der Waals surface area contributed by atoms with Crippen LogP contribution in [0.1, 0.15) is 23.6 Å². The molecule has 1 aliphatic rings. The standard InChI is InChI=1S/C29H25F3N2O4S2/c1-2-37-24-16-20(17-25-27(36)34(28(39)40-25)15-14-19-8-4-3-5-9-19)12-13-23(24)38-18-26(35)33-22-11-7-6-10-21(22)29(30,31)32/h3-13,16-17H,2,14-15,18H2,1H3,(H,33,35)/b25-17-. The monoisotopic (exact) mass is 586 g/mol. The van der Waals surface area contributed by atoms with Crippen LogP contribution in [-0.2, 0) is 22.2 Å². The average molecular weight is 587 g/mol. The van der Waals surface area contributed by atoms with Crippen molar-refractivity contribution in [1.29, 1.82) is 0 Å². The first-order valence-electron chi connectivity index (χ1n) is 12.3. The summed E-state index contributed by atoms with van der Waals surface area (Å²) < 4.78 is 51.3. The Kier molecular flexibility index (Phi) is 9.49. The summed E-state index contributed by atoms with van der Waals surface area (Å²) in [6, 6.07) is 19.4. The number of alkyl halides is 3. The molecule has 40 heavy (non-hydrogen) atoms. The van der Waals surface area contributed by atoms with Crippen LogP contribution in [0.2, 0.25) is 0 Å². The van der Waals surface area contributed by atoms with Gasteiger partial charge in [0, 0.05) is 6.54 Å². The molecule has 1 aliphatic heterocycles. The Bertz CT molecular complexity index is 1430. The Morgan fingerprint density at radius 2 is 1.75 bits per heavy atom. The number of hydrogen-bond acceptors (Lipinski definition) is 6. The zero-order valence-corrected chi connectivity index (χ0v) is 23.0. The second kappa shape index (κ2) is 13.0. The summed E-state index contributed by atoms with van der Waals surface area (Å²) in [6.07, 6.45) is -2.23. The Morgan fingerprint density at radius 3 is 2.48 bits per heavy atom. The van der Waals surface area contributed by atoms with E-state index < -0.39 is 24.3 Å². The molecule has 1 N–H and O–H groups in total. The second-order valence-corrected chi connectivity index (χ2v) is 10.3. The summed E-state index contributed by atoms with van der Waals surface area (Å²) in [6.45, 7) is 2.01. The minimum Gasteiger partial charge on any atom is -0.490 e. The van der Waals surface area contributed by atoms with Gasteiger partial charge in [-0.05, 0) is 54.8 Å². The Hall–Kier alpha value is -3.83. The first kappa shape index (κ1) is 29.2. The number of nitrogens with one attached hydrogen (secondary N) is 1. The number of hydrogen-bond donors (Lipinski definition) is 1. The van der Waals surface area contributed by atoms with Crippen molar-refractivity contribution in [2.75, 3.05) is 25.1 Å². The highest BCUT2D eigenvalue weighted by Crippen LogP contribution is 2.36. The quantitative estimate of drug-likeness (QED) is 0.214. The SMILES string of the molecule is CCOc1cc(/C=C2\SC(=S)N(CCc3ccccc3)C2=O)ccc1OCC(=O)Nc1ccccc1C(F)(F)F. The Balaban J connectivity index is 1.42. The van der Waals surface area contributed by atoms with Gasteiger partial charge in [0.1, 0.15) is 4.32 Å². The fourth-order valence-electron chi connectivity index (χ4n) is 3.90. The topological polar surface area (TPSA) is 67.9 Å². The molecule has 0 aromatic heterocycles. The van der Waals surface area contributed by atoms with Gasteiger partial charge in [-0.3, -0.25) is 14.5 Å². The van der Waals surface area contributed by atoms with E-state index in [4.69, 9.17) is 21.7 Å². The molecule has 4 rings (SSSR count). The first-order valence-corrected chi connectivity index (χ1v) is 13.5. The van der Waals surface area contributed by atoms with Crippen molar-refractivity contribution in [2.45, 2.75) is 19.5 Å². The van der Waals surface area contributed by atoms with Crippen LogP contribution in [0.3, 0.4) is 0 Å². The van der Waals surface area contributed by atoms with Gasteiger partial charge in [0.2, 0.25) is 0 Å². The van der Waals surface area contributed by atoms with Crippen LogP contribution in [0.15, 0.2) is 77.7 Å². The molecule has 208 valence electrons. The largest absolute Gasteiger partial charge is 0.490 e. The number of thioether (sulfide) groups is 1. The highest BCUT2D eigenvalue weighted by Gasteiger charge is 2.34. The lowest BCUT2D eigenvalue weighted by molar-refractivity contribution is -0.137. The fraction of sp³-hybridized carbons (Fsp3) is 0.207. The molecule has 0 unspecified atom stereocenters. The second-order valence-electron chi connectivity index (χ2n) is 8.59. The van der Waals surface area contributed by atoms with Crippen molar-refractivity contribution in [3.63, 3.8) is 0 Å². The smallest absolute Gasteiger partial charge is 0.418 e. The van der Waals surface area contributed by atoms with Gasteiger partial charge in [-0.1, -0.05) is 72.5 Å². The van der Waals surface area contributed by atoms with E-state index in [2.05, 4.69) is 5.32 Å². The van der Waals surface area contributed by atoms with Crippen molar-refractivity contribution in [2.24, 2.45) is 0 Å². The summed E-state index contributed by atoms with van der Waals surface area (Å²) in [5, 5.41) is 2.24. The van der Waals surface area contributed by atoms with Gasteiger partial charge in [0.15, 0.2) is 18.1 Å². The maximum Gasteiger partial charge on any atom is 0.418 e. The van der Waals surface area contributed by atoms with Crippen molar-refractivity contribution in [1.82, 2.24) is 4.90 Å². The van der Waals surface area contributed by atoms with E-state index in [1.54, 1.807) is 36.1 Å². The Morgan fingerprint density at radius 1 is 1.02 bits per heavy atom. The molecular formula is C29H25F3N2O4S2. The molecule has 11 heteroatoms.